The molecule has 0 saturated carbocycles. The second-order valence-electron chi connectivity index (χ2n) is 5.17. The first-order chi connectivity index (χ1) is 10.2. The van der Waals surface area contributed by atoms with Gasteiger partial charge in [-0.2, -0.15) is 0 Å². The molecule has 0 aromatic heterocycles. The molecule has 0 bridgehead atoms. The fourth-order valence-corrected chi connectivity index (χ4v) is 2.54. The van der Waals surface area contributed by atoms with E-state index in [1.54, 1.807) is 12.0 Å². The van der Waals surface area contributed by atoms with E-state index >= 15 is 0 Å². The maximum absolute atomic E-state index is 12.3. The lowest BCUT2D eigenvalue weighted by Gasteiger charge is -2.29. The standard InChI is InChI=1S/C17H26FNO2/c1-4-15(14-10-7-8-11-16(14)21-3)19(2)17(20)12-6-5-9-13-18/h7-8,10-11,15H,4-6,9,12-13H2,1-3H3. The van der Waals surface area contributed by atoms with Crippen molar-refractivity contribution in [1.29, 1.82) is 0 Å². The van der Waals surface area contributed by atoms with E-state index in [9.17, 15) is 9.18 Å². The molecule has 1 aromatic carbocycles. The second kappa shape index (κ2) is 9.37. The van der Waals surface area contributed by atoms with Gasteiger partial charge in [-0.15, -0.1) is 0 Å². The second-order valence-corrected chi connectivity index (χ2v) is 5.17. The number of hydrogen-bond donors (Lipinski definition) is 0. The van der Waals surface area contributed by atoms with Gasteiger partial charge in [0.25, 0.3) is 0 Å². The highest BCUT2D eigenvalue weighted by molar-refractivity contribution is 5.76. The zero-order valence-electron chi connectivity index (χ0n) is 13.3. The third kappa shape index (κ3) is 5.03. The van der Waals surface area contributed by atoms with Crippen LogP contribution in [0.1, 0.15) is 50.6 Å². The molecule has 21 heavy (non-hydrogen) atoms. The molecule has 4 heteroatoms. The first kappa shape index (κ1) is 17.5. The molecule has 0 aliphatic carbocycles. The Bertz CT molecular complexity index is 437. The molecular weight excluding hydrogens is 269 g/mol. The minimum absolute atomic E-state index is 0.00910. The Kier molecular flexibility index (Phi) is 7.80. The van der Waals surface area contributed by atoms with Crippen molar-refractivity contribution in [2.24, 2.45) is 0 Å². The summed E-state index contributed by atoms with van der Waals surface area (Å²) in [5, 5.41) is 0. The highest BCUT2D eigenvalue weighted by Crippen LogP contribution is 2.31. The number of methoxy groups -OCH3 is 1. The zero-order chi connectivity index (χ0) is 15.7. The lowest BCUT2D eigenvalue weighted by molar-refractivity contribution is -0.132. The molecule has 0 N–H and O–H groups in total. The molecule has 0 aliphatic rings. The van der Waals surface area contributed by atoms with Gasteiger partial charge in [0, 0.05) is 19.0 Å². The number of amides is 1. The molecule has 0 saturated heterocycles. The number of unbranched alkanes of at least 4 members (excludes halogenated alkanes) is 2. The minimum Gasteiger partial charge on any atom is -0.496 e. The smallest absolute Gasteiger partial charge is 0.222 e. The summed E-state index contributed by atoms with van der Waals surface area (Å²) in [6.07, 6.45) is 3.35. The van der Waals surface area contributed by atoms with E-state index in [-0.39, 0.29) is 18.6 Å². The van der Waals surface area contributed by atoms with Crippen molar-refractivity contribution in [2.75, 3.05) is 20.8 Å². The fourth-order valence-electron chi connectivity index (χ4n) is 2.54. The molecule has 1 amide bonds. The molecule has 1 unspecified atom stereocenters. The molecule has 1 aromatic rings. The van der Waals surface area contributed by atoms with Crippen molar-refractivity contribution in [3.63, 3.8) is 0 Å². The summed E-state index contributed by atoms with van der Waals surface area (Å²) in [4.78, 5) is 14.1. The summed E-state index contributed by atoms with van der Waals surface area (Å²) in [5.74, 6) is 0.910. The van der Waals surface area contributed by atoms with Crippen molar-refractivity contribution in [2.45, 2.75) is 45.1 Å². The summed E-state index contributed by atoms with van der Waals surface area (Å²) >= 11 is 0. The molecule has 1 rings (SSSR count). The van der Waals surface area contributed by atoms with E-state index in [4.69, 9.17) is 4.74 Å². The number of alkyl halides is 1. The van der Waals surface area contributed by atoms with Crippen LogP contribution in [0.15, 0.2) is 24.3 Å². The number of rotatable bonds is 9. The van der Waals surface area contributed by atoms with Gasteiger partial charge in [-0.1, -0.05) is 31.5 Å². The van der Waals surface area contributed by atoms with Gasteiger partial charge in [-0.25, -0.2) is 0 Å². The number of para-hydroxylation sites is 1. The van der Waals surface area contributed by atoms with Gasteiger partial charge in [0.1, 0.15) is 5.75 Å². The van der Waals surface area contributed by atoms with Crippen LogP contribution in [-0.2, 0) is 4.79 Å². The van der Waals surface area contributed by atoms with E-state index in [2.05, 4.69) is 6.92 Å². The first-order valence-electron chi connectivity index (χ1n) is 7.60. The Balaban J connectivity index is 2.72. The number of ether oxygens (including phenoxy) is 1. The monoisotopic (exact) mass is 295 g/mol. The third-order valence-electron chi connectivity index (χ3n) is 3.77. The Hall–Kier alpha value is -1.58. The highest BCUT2D eigenvalue weighted by atomic mass is 19.1. The van der Waals surface area contributed by atoms with E-state index in [0.29, 0.717) is 12.8 Å². The number of nitrogens with zero attached hydrogens (tertiary/aromatic N) is 1. The van der Waals surface area contributed by atoms with Gasteiger partial charge in [-0.05, 0) is 25.3 Å². The SMILES string of the molecule is CCC(c1ccccc1OC)N(C)C(=O)CCCCCF. The van der Waals surface area contributed by atoms with Gasteiger partial charge in [0.05, 0.1) is 19.8 Å². The molecule has 3 nitrogen and oxygen atoms in total. The largest absolute Gasteiger partial charge is 0.496 e. The van der Waals surface area contributed by atoms with Crippen molar-refractivity contribution >= 4 is 5.91 Å². The summed E-state index contributed by atoms with van der Waals surface area (Å²) in [7, 11) is 3.47. The molecular formula is C17H26FNO2. The summed E-state index contributed by atoms with van der Waals surface area (Å²) in [6, 6.07) is 7.81. The average molecular weight is 295 g/mol. The van der Waals surface area contributed by atoms with Crippen LogP contribution in [0.4, 0.5) is 4.39 Å². The first-order valence-corrected chi connectivity index (χ1v) is 7.60. The van der Waals surface area contributed by atoms with Crippen LogP contribution in [0.3, 0.4) is 0 Å². The molecule has 0 heterocycles. The van der Waals surface area contributed by atoms with E-state index in [1.165, 1.54) is 0 Å². The molecule has 0 aliphatic heterocycles. The highest BCUT2D eigenvalue weighted by Gasteiger charge is 2.22. The number of carbonyl (C=O) groups is 1. The van der Waals surface area contributed by atoms with Gasteiger partial charge < -0.3 is 9.64 Å². The molecule has 0 fully saturated rings. The lowest BCUT2D eigenvalue weighted by atomic mass is 10.0. The van der Waals surface area contributed by atoms with Crippen molar-refractivity contribution in [3.05, 3.63) is 29.8 Å². The minimum atomic E-state index is -0.303. The van der Waals surface area contributed by atoms with Gasteiger partial charge in [0.2, 0.25) is 5.91 Å². The predicted octanol–water partition coefficient (Wildman–Crippen LogP) is 4.13. The van der Waals surface area contributed by atoms with Crippen molar-refractivity contribution in [1.82, 2.24) is 4.90 Å². The van der Waals surface area contributed by atoms with Crippen LogP contribution in [0.25, 0.3) is 0 Å². The number of hydrogen-bond acceptors (Lipinski definition) is 2. The number of benzene rings is 1. The van der Waals surface area contributed by atoms with Crippen LogP contribution in [0, 0.1) is 0 Å². The van der Waals surface area contributed by atoms with Crippen LogP contribution in [0.5, 0.6) is 5.75 Å². The van der Waals surface area contributed by atoms with Crippen molar-refractivity contribution in [3.8, 4) is 5.75 Å². The third-order valence-corrected chi connectivity index (χ3v) is 3.77. The van der Waals surface area contributed by atoms with Gasteiger partial charge >= 0.3 is 0 Å². The number of carbonyl (C=O) groups excluding carboxylic acids is 1. The Labute approximate surface area is 127 Å². The summed E-state index contributed by atoms with van der Waals surface area (Å²) in [5.41, 5.74) is 1.03. The van der Waals surface area contributed by atoms with E-state index in [1.807, 2.05) is 31.3 Å². The van der Waals surface area contributed by atoms with Crippen molar-refractivity contribution < 1.29 is 13.9 Å². The molecule has 0 radical (unpaired) electrons. The lowest BCUT2D eigenvalue weighted by Crippen LogP contribution is -2.31. The normalized spacial score (nSPS) is 12.0. The number of halogens is 1. The average Bonchev–Trinajstić information content (AvgIpc) is 2.52. The van der Waals surface area contributed by atoms with Crippen LogP contribution in [-0.4, -0.2) is 31.6 Å². The topological polar surface area (TPSA) is 29.5 Å². The summed E-state index contributed by atoms with van der Waals surface area (Å²) < 4.78 is 17.4. The van der Waals surface area contributed by atoms with E-state index in [0.717, 1.165) is 30.6 Å². The fraction of sp³-hybridized carbons (Fsp3) is 0.588. The summed E-state index contributed by atoms with van der Waals surface area (Å²) in [6.45, 7) is 1.76. The Morgan fingerprint density at radius 1 is 1.29 bits per heavy atom. The predicted molar refractivity (Wildman–Crippen MR) is 83.2 cm³/mol. The van der Waals surface area contributed by atoms with E-state index < -0.39 is 0 Å². The van der Waals surface area contributed by atoms with Crippen LogP contribution in [0.2, 0.25) is 0 Å². The van der Waals surface area contributed by atoms with Crippen LogP contribution < -0.4 is 4.74 Å². The van der Waals surface area contributed by atoms with Gasteiger partial charge in [-0.3, -0.25) is 9.18 Å². The molecule has 1 atom stereocenters. The van der Waals surface area contributed by atoms with Gasteiger partial charge in [0.15, 0.2) is 0 Å². The maximum atomic E-state index is 12.3. The zero-order valence-corrected chi connectivity index (χ0v) is 13.3. The van der Waals surface area contributed by atoms with Crippen LogP contribution >= 0.6 is 0 Å². The molecule has 118 valence electrons. The Morgan fingerprint density at radius 3 is 2.62 bits per heavy atom. The molecule has 0 spiro atoms. The quantitative estimate of drug-likeness (QED) is 0.641. The maximum Gasteiger partial charge on any atom is 0.222 e. The Morgan fingerprint density at radius 2 is 2.00 bits per heavy atom.